The van der Waals surface area contributed by atoms with Crippen molar-refractivity contribution in [1.29, 1.82) is 0 Å². The van der Waals surface area contributed by atoms with E-state index in [4.69, 9.17) is 4.42 Å². The van der Waals surface area contributed by atoms with E-state index in [9.17, 15) is 13.2 Å². The Morgan fingerprint density at radius 2 is 2.04 bits per heavy atom. The fraction of sp³-hybridized carbons (Fsp3) is 0.526. The van der Waals surface area contributed by atoms with Gasteiger partial charge in [-0.1, -0.05) is 6.42 Å². The van der Waals surface area contributed by atoms with Crippen molar-refractivity contribution in [2.24, 2.45) is 17.8 Å². The van der Waals surface area contributed by atoms with Gasteiger partial charge in [-0.2, -0.15) is 0 Å². The third kappa shape index (κ3) is 3.03. The summed E-state index contributed by atoms with van der Waals surface area (Å²) < 4.78 is 31.8. The van der Waals surface area contributed by atoms with Gasteiger partial charge in [0, 0.05) is 11.4 Å². The standard InChI is InChI=1S/C19H24N2O4S/c1-11(16-8-12-3-4-13(16)7-12)21-19(22)18-10-14-9-15(26(23,24)20-2)5-6-17(14)25-18/h5-6,9-13,16,20H,3-4,7-8H2,1-2H3,(H,21,22). The Hall–Kier alpha value is -1.86. The van der Waals surface area contributed by atoms with E-state index >= 15 is 0 Å². The summed E-state index contributed by atoms with van der Waals surface area (Å²) in [5, 5.41) is 3.67. The lowest BCUT2D eigenvalue weighted by molar-refractivity contribution is 0.0889. The molecule has 1 aromatic heterocycles. The van der Waals surface area contributed by atoms with Gasteiger partial charge in [-0.15, -0.1) is 0 Å². The van der Waals surface area contributed by atoms with Gasteiger partial charge in [-0.25, -0.2) is 13.1 Å². The molecule has 2 bridgehead atoms. The van der Waals surface area contributed by atoms with E-state index in [-0.39, 0.29) is 22.6 Å². The van der Waals surface area contributed by atoms with Crippen LogP contribution in [0, 0.1) is 17.8 Å². The summed E-state index contributed by atoms with van der Waals surface area (Å²) >= 11 is 0. The minimum Gasteiger partial charge on any atom is -0.451 e. The monoisotopic (exact) mass is 376 g/mol. The van der Waals surface area contributed by atoms with Crippen LogP contribution in [0.3, 0.4) is 0 Å². The van der Waals surface area contributed by atoms with Gasteiger partial charge in [0.15, 0.2) is 5.76 Å². The van der Waals surface area contributed by atoms with Crippen molar-refractivity contribution in [3.05, 3.63) is 30.0 Å². The second-order valence-electron chi connectivity index (χ2n) is 7.62. The molecule has 7 heteroatoms. The summed E-state index contributed by atoms with van der Waals surface area (Å²) in [5.41, 5.74) is 0.498. The largest absolute Gasteiger partial charge is 0.451 e. The van der Waals surface area contributed by atoms with Crippen LogP contribution in [-0.2, 0) is 10.0 Å². The van der Waals surface area contributed by atoms with E-state index in [1.54, 1.807) is 12.1 Å². The Bertz CT molecular complexity index is 950. The highest BCUT2D eigenvalue weighted by molar-refractivity contribution is 7.89. The Balaban J connectivity index is 1.52. The normalized spacial score (nSPS) is 26.3. The molecule has 2 aliphatic rings. The Labute approximate surface area is 153 Å². The molecule has 2 aromatic rings. The molecule has 2 fully saturated rings. The van der Waals surface area contributed by atoms with Crippen molar-refractivity contribution in [3.63, 3.8) is 0 Å². The number of benzene rings is 1. The zero-order valence-corrected chi connectivity index (χ0v) is 15.8. The van der Waals surface area contributed by atoms with Gasteiger partial charge in [0.1, 0.15) is 5.58 Å². The molecule has 2 N–H and O–H groups in total. The van der Waals surface area contributed by atoms with E-state index in [0.717, 1.165) is 11.8 Å². The minimum absolute atomic E-state index is 0.117. The number of rotatable bonds is 5. The summed E-state index contributed by atoms with van der Waals surface area (Å²) in [6.45, 7) is 2.07. The Morgan fingerprint density at radius 1 is 1.23 bits per heavy atom. The van der Waals surface area contributed by atoms with Gasteiger partial charge in [0.2, 0.25) is 10.0 Å². The zero-order chi connectivity index (χ0) is 18.5. The first-order chi connectivity index (χ1) is 12.4. The molecule has 1 aromatic carbocycles. The molecular weight excluding hydrogens is 352 g/mol. The van der Waals surface area contributed by atoms with Gasteiger partial charge >= 0.3 is 0 Å². The summed E-state index contributed by atoms with van der Waals surface area (Å²) in [6.07, 6.45) is 5.13. The minimum atomic E-state index is -3.53. The number of amides is 1. The van der Waals surface area contributed by atoms with Crippen LogP contribution in [0.5, 0.6) is 0 Å². The number of hydrogen-bond acceptors (Lipinski definition) is 4. The summed E-state index contributed by atoms with van der Waals surface area (Å²) in [4.78, 5) is 12.7. The first-order valence-electron chi connectivity index (χ1n) is 9.15. The first-order valence-corrected chi connectivity index (χ1v) is 10.6. The van der Waals surface area contributed by atoms with Crippen LogP contribution in [-0.4, -0.2) is 27.4 Å². The number of fused-ring (bicyclic) bond motifs is 3. The smallest absolute Gasteiger partial charge is 0.287 e. The average molecular weight is 376 g/mol. The lowest BCUT2D eigenvalue weighted by Gasteiger charge is -2.28. The number of nitrogens with one attached hydrogen (secondary N) is 2. The van der Waals surface area contributed by atoms with Crippen LogP contribution in [0.4, 0.5) is 0 Å². The molecule has 0 saturated heterocycles. The van der Waals surface area contributed by atoms with Crippen LogP contribution >= 0.6 is 0 Å². The molecule has 26 heavy (non-hydrogen) atoms. The second kappa shape index (κ2) is 6.39. The number of carbonyl (C=O) groups excluding carboxylic acids is 1. The first kappa shape index (κ1) is 17.5. The predicted octanol–water partition coefficient (Wildman–Crippen LogP) is 2.90. The van der Waals surface area contributed by atoms with Gasteiger partial charge < -0.3 is 9.73 Å². The molecule has 140 valence electrons. The molecule has 0 spiro atoms. The van der Waals surface area contributed by atoms with Crippen LogP contribution in [0.2, 0.25) is 0 Å². The van der Waals surface area contributed by atoms with Crippen molar-refractivity contribution in [2.45, 2.75) is 43.5 Å². The second-order valence-corrected chi connectivity index (χ2v) is 9.51. The summed E-state index contributed by atoms with van der Waals surface area (Å²) in [5.74, 6) is 2.10. The van der Waals surface area contributed by atoms with Crippen molar-refractivity contribution < 1.29 is 17.6 Å². The quantitative estimate of drug-likeness (QED) is 0.840. The number of furan rings is 1. The Kier molecular flexibility index (Phi) is 4.31. The lowest BCUT2D eigenvalue weighted by atomic mass is 9.84. The third-order valence-electron chi connectivity index (χ3n) is 6.08. The van der Waals surface area contributed by atoms with Crippen molar-refractivity contribution in [2.75, 3.05) is 7.05 Å². The van der Waals surface area contributed by atoms with E-state index < -0.39 is 10.0 Å². The molecule has 0 aliphatic heterocycles. The average Bonchev–Trinajstić information content (AvgIpc) is 3.35. The number of sulfonamides is 1. The zero-order valence-electron chi connectivity index (χ0n) is 15.0. The van der Waals surface area contributed by atoms with E-state index in [1.807, 2.05) is 0 Å². The van der Waals surface area contributed by atoms with Crippen molar-refractivity contribution >= 4 is 26.9 Å². The molecular formula is C19H24N2O4S. The summed E-state index contributed by atoms with van der Waals surface area (Å²) in [6, 6.07) is 6.28. The van der Waals surface area contributed by atoms with Crippen LogP contribution in [0.25, 0.3) is 11.0 Å². The van der Waals surface area contributed by atoms with Gasteiger partial charge in [-0.05, 0) is 75.3 Å². The van der Waals surface area contributed by atoms with Crippen LogP contribution < -0.4 is 10.0 Å². The number of hydrogen-bond donors (Lipinski definition) is 2. The molecule has 2 saturated carbocycles. The van der Waals surface area contributed by atoms with E-state index in [1.165, 1.54) is 44.9 Å². The molecule has 4 rings (SSSR count). The van der Waals surface area contributed by atoms with Crippen molar-refractivity contribution in [3.8, 4) is 0 Å². The molecule has 6 nitrogen and oxygen atoms in total. The van der Waals surface area contributed by atoms with Gasteiger partial charge in [0.25, 0.3) is 5.91 Å². The molecule has 1 heterocycles. The molecule has 0 radical (unpaired) electrons. The molecule has 1 amide bonds. The maximum atomic E-state index is 12.6. The maximum absolute atomic E-state index is 12.6. The lowest BCUT2D eigenvalue weighted by Crippen LogP contribution is -2.39. The highest BCUT2D eigenvalue weighted by atomic mass is 32.2. The van der Waals surface area contributed by atoms with E-state index in [2.05, 4.69) is 17.0 Å². The third-order valence-corrected chi connectivity index (χ3v) is 7.50. The van der Waals surface area contributed by atoms with Gasteiger partial charge in [-0.3, -0.25) is 4.79 Å². The highest BCUT2D eigenvalue weighted by Crippen LogP contribution is 2.49. The maximum Gasteiger partial charge on any atom is 0.287 e. The topological polar surface area (TPSA) is 88.4 Å². The predicted molar refractivity (Wildman–Crippen MR) is 98.3 cm³/mol. The molecule has 2 aliphatic carbocycles. The Morgan fingerprint density at radius 3 is 2.69 bits per heavy atom. The van der Waals surface area contributed by atoms with Crippen LogP contribution in [0.1, 0.15) is 43.2 Å². The van der Waals surface area contributed by atoms with Gasteiger partial charge in [0.05, 0.1) is 4.90 Å². The fourth-order valence-corrected chi connectivity index (χ4v) is 5.47. The molecule has 4 unspecified atom stereocenters. The molecule has 4 atom stereocenters. The highest BCUT2D eigenvalue weighted by Gasteiger charge is 2.42. The van der Waals surface area contributed by atoms with E-state index in [0.29, 0.717) is 16.9 Å². The van der Waals surface area contributed by atoms with Crippen molar-refractivity contribution in [1.82, 2.24) is 10.0 Å². The summed E-state index contributed by atoms with van der Waals surface area (Å²) in [7, 11) is -2.16. The SMILES string of the molecule is CNS(=O)(=O)c1ccc2oc(C(=O)NC(C)C3CC4CCC3C4)cc2c1. The number of carbonyl (C=O) groups is 1. The fourth-order valence-electron chi connectivity index (χ4n) is 4.71. The van der Waals surface area contributed by atoms with Crippen LogP contribution in [0.15, 0.2) is 33.6 Å².